The maximum Gasteiger partial charge on any atom is 0.253 e. The van der Waals surface area contributed by atoms with Crippen LogP contribution in [0.1, 0.15) is 23.2 Å². The number of hydrogen-bond donors (Lipinski definition) is 2. The van der Waals surface area contributed by atoms with Crippen molar-refractivity contribution in [3.8, 4) is 0 Å². The van der Waals surface area contributed by atoms with Crippen LogP contribution in [0.15, 0.2) is 12.3 Å². The second kappa shape index (κ2) is 6.29. The average Bonchev–Trinajstić information content (AvgIpc) is 2.40. The minimum absolute atomic E-state index is 0.119. The molecule has 0 saturated carbocycles. The Morgan fingerprint density at radius 1 is 1.61 bits per heavy atom. The average molecular weight is 286 g/mol. The van der Waals surface area contributed by atoms with E-state index in [1.807, 2.05) is 11.8 Å². The molecule has 1 aromatic heterocycles. The highest BCUT2D eigenvalue weighted by Crippen LogP contribution is 2.20. The van der Waals surface area contributed by atoms with E-state index < -0.39 is 0 Å². The molecule has 0 bridgehead atoms. The van der Waals surface area contributed by atoms with Crippen LogP contribution < -0.4 is 10.6 Å². The van der Waals surface area contributed by atoms with Crippen molar-refractivity contribution in [2.24, 2.45) is 0 Å². The summed E-state index contributed by atoms with van der Waals surface area (Å²) in [5, 5.41) is 6.31. The number of rotatable bonds is 3. The highest BCUT2D eigenvalue weighted by molar-refractivity contribution is 7.99. The third-order valence-corrected chi connectivity index (χ3v) is 4.37. The second-order valence-electron chi connectivity index (χ2n) is 4.19. The molecule has 0 spiro atoms. The third kappa shape index (κ3) is 3.29. The first-order valence-corrected chi connectivity index (χ1v) is 7.46. The summed E-state index contributed by atoms with van der Waals surface area (Å²) in [5.41, 5.74) is 0.478. The first-order valence-electron chi connectivity index (χ1n) is 5.92. The number of halogens is 1. The quantitative estimate of drug-likeness (QED) is 0.895. The van der Waals surface area contributed by atoms with Gasteiger partial charge in [-0.05, 0) is 24.7 Å². The molecule has 18 heavy (non-hydrogen) atoms. The number of carbonyl (C=O) groups excluding carboxylic acids is 1. The lowest BCUT2D eigenvalue weighted by atomic mass is 10.1. The van der Waals surface area contributed by atoms with E-state index in [1.165, 1.54) is 11.9 Å². The number of nitrogens with one attached hydrogen (secondary N) is 2. The molecular formula is C12H16ClN3OS. The van der Waals surface area contributed by atoms with Gasteiger partial charge in [-0.25, -0.2) is 4.98 Å². The number of carbonyl (C=O) groups is 1. The van der Waals surface area contributed by atoms with Crippen molar-refractivity contribution in [3.05, 3.63) is 22.8 Å². The topological polar surface area (TPSA) is 54.0 Å². The Bertz CT molecular complexity index is 435. The second-order valence-corrected chi connectivity index (χ2v) is 5.74. The summed E-state index contributed by atoms with van der Waals surface area (Å²) in [6.07, 6.45) is 3.69. The maximum absolute atomic E-state index is 12.1. The highest BCUT2D eigenvalue weighted by Gasteiger charge is 2.19. The van der Waals surface area contributed by atoms with Gasteiger partial charge in [-0.3, -0.25) is 4.79 Å². The Morgan fingerprint density at radius 3 is 3.11 bits per heavy atom. The molecule has 1 aliphatic heterocycles. The summed E-state index contributed by atoms with van der Waals surface area (Å²) in [6, 6.07) is 1.92. The maximum atomic E-state index is 12.1. The Hall–Kier alpha value is -0.940. The van der Waals surface area contributed by atoms with Crippen LogP contribution in [0.4, 0.5) is 5.82 Å². The molecule has 6 heteroatoms. The van der Waals surface area contributed by atoms with Gasteiger partial charge < -0.3 is 10.6 Å². The molecule has 1 saturated heterocycles. The van der Waals surface area contributed by atoms with E-state index in [2.05, 4.69) is 15.6 Å². The van der Waals surface area contributed by atoms with Gasteiger partial charge in [-0.2, -0.15) is 11.8 Å². The van der Waals surface area contributed by atoms with Crippen LogP contribution in [0.3, 0.4) is 0 Å². The van der Waals surface area contributed by atoms with E-state index >= 15 is 0 Å². The molecule has 0 aromatic carbocycles. The molecule has 1 atom stereocenters. The van der Waals surface area contributed by atoms with Crippen LogP contribution >= 0.6 is 23.4 Å². The smallest absolute Gasteiger partial charge is 0.253 e. The first-order chi connectivity index (χ1) is 8.70. The molecule has 1 aliphatic rings. The first kappa shape index (κ1) is 13.5. The largest absolute Gasteiger partial charge is 0.373 e. The van der Waals surface area contributed by atoms with Crippen molar-refractivity contribution in [2.45, 2.75) is 18.9 Å². The zero-order chi connectivity index (χ0) is 13.0. The molecule has 1 amide bonds. The molecule has 2 heterocycles. The van der Waals surface area contributed by atoms with Gasteiger partial charge in [0.05, 0.1) is 10.6 Å². The minimum Gasteiger partial charge on any atom is -0.373 e. The number of hydrogen-bond acceptors (Lipinski definition) is 4. The standard InChI is InChI=1S/C12H16ClN3OS/c1-14-11-5-9(10(13)6-15-11)12(17)16-8-3-2-4-18-7-8/h5-6,8H,2-4,7H2,1H3,(H,14,15)(H,16,17). The van der Waals surface area contributed by atoms with Crippen molar-refractivity contribution in [2.75, 3.05) is 23.9 Å². The summed E-state index contributed by atoms with van der Waals surface area (Å²) in [5.74, 6) is 2.69. The van der Waals surface area contributed by atoms with Crippen molar-refractivity contribution in [3.63, 3.8) is 0 Å². The summed E-state index contributed by atoms with van der Waals surface area (Å²) in [7, 11) is 1.76. The molecule has 4 nitrogen and oxygen atoms in total. The highest BCUT2D eigenvalue weighted by atomic mass is 35.5. The predicted molar refractivity (Wildman–Crippen MR) is 76.6 cm³/mol. The normalized spacial score (nSPS) is 19.3. The number of pyridine rings is 1. The van der Waals surface area contributed by atoms with Crippen LogP contribution in [0.2, 0.25) is 5.02 Å². The van der Waals surface area contributed by atoms with E-state index in [9.17, 15) is 4.79 Å². The lowest BCUT2D eigenvalue weighted by Crippen LogP contribution is -2.38. The summed E-state index contributed by atoms with van der Waals surface area (Å²) in [6.45, 7) is 0. The lowest BCUT2D eigenvalue weighted by Gasteiger charge is -2.22. The van der Waals surface area contributed by atoms with Gasteiger partial charge in [0.1, 0.15) is 5.82 Å². The summed E-state index contributed by atoms with van der Waals surface area (Å²) < 4.78 is 0. The molecule has 1 fully saturated rings. The van der Waals surface area contributed by atoms with E-state index in [1.54, 1.807) is 13.1 Å². The number of aromatic nitrogens is 1. The van der Waals surface area contributed by atoms with Crippen molar-refractivity contribution < 1.29 is 4.79 Å². The molecule has 1 aromatic rings. The Balaban J connectivity index is 2.07. The fraction of sp³-hybridized carbons (Fsp3) is 0.500. The van der Waals surface area contributed by atoms with Crippen LogP contribution in [0, 0.1) is 0 Å². The predicted octanol–water partition coefficient (Wildman–Crippen LogP) is 2.40. The van der Waals surface area contributed by atoms with Gasteiger partial charge in [0.15, 0.2) is 0 Å². The number of anilines is 1. The van der Waals surface area contributed by atoms with E-state index in [4.69, 9.17) is 11.6 Å². The molecule has 0 aliphatic carbocycles. The van der Waals surface area contributed by atoms with Gasteiger partial charge in [0.2, 0.25) is 0 Å². The molecule has 1 unspecified atom stereocenters. The van der Waals surface area contributed by atoms with Crippen molar-refractivity contribution in [1.82, 2.24) is 10.3 Å². The van der Waals surface area contributed by atoms with Gasteiger partial charge in [-0.1, -0.05) is 11.6 Å². The van der Waals surface area contributed by atoms with Gasteiger partial charge >= 0.3 is 0 Å². The Kier molecular flexibility index (Phi) is 4.72. The number of thioether (sulfide) groups is 1. The van der Waals surface area contributed by atoms with E-state index in [0.29, 0.717) is 16.4 Å². The lowest BCUT2D eigenvalue weighted by molar-refractivity contribution is 0.0938. The molecule has 2 rings (SSSR count). The fourth-order valence-electron chi connectivity index (χ4n) is 1.87. The SMILES string of the molecule is CNc1cc(C(=O)NC2CCCSC2)c(Cl)cn1. The van der Waals surface area contributed by atoms with Crippen LogP contribution in [-0.2, 0) is 0 Å². The number of amides is 1. The monoisotopic (exact) mass is 285 g/mol. The van der Waals surface area contributed by atoms with Crippen molar-refractivity contribution in [1.29, 1.82) is 0 Å². The zero-order valence-corrected chi connectivity index (χ0v) is 11.8. The Morgan fingerprint density at radius 2 is 2.44 bits per heavy atom. The van der Waals surface area contributed by atoms with Gasteiger partial charge in [0, 0.05) is 25.0 Å². The number of nitrogens with zero attached hydrogens (tertiary/aromatic N) is 1. The molecular weight excluding hydrogens is 270 g/mol. The fourth-order valence-corrected chi connectivity index (χ4v) is 3.13. The van der Waals surface area contributed by atoms with Crippen LogP contribution in [-0.4, -0.2) is 35.5 Å². The van der Waals surface area contributed by atoms with Gasteiger partial charge in [0.25, 0.3) is 5.91 Å². The Labute approximate surface area is 116 Å². The van der Waals surface area contributed by atoms with Crippen molar-refractivity contribution >= 4 is 35.1 Å². The zero-order valence-electron chi connectivity index (χ0n) is 10.2. The molecule has 98 valence electrons. The van der Waals surface area contributed by atoms with E-state index in [0.717, 1.165) is 18.6 Å². The summed E-state index contributed by atoms with van der Waals surface area (Å²) >= 11 is 7.89. The van der Waals surface area contributed by atoms with Gasteiger partial charge in [-0.15, -0.1) is 0 Å². The third-order valence-electron chi connectivity index (χ3n) is 2.85. The minimum atomic E-state index is -0.119. The summed E-state index contributed by atoms with van der Waals surface area (Å²) in [4.78, 5) is 16.2. The van der Waals surface area contributed by atoms with Crippen LogP contribution in [0.5, 0.6) is 0 Å². The van der Waals surface area contributed by atoms with E-state index in [-0.39, 0.29) is 11.9 Å². The van der Waals surface area contributed by atoms with Crippen LogP contribution in [0.25, 0.3) is 0 Å². The molecule has 2 N–H and O–H groups in total. The molecule has 0 radical (unpaired) electrons.